The van der Waals surface area contributed by atoms with Gasteiger partial charge in [0.25, 0.3) is 0 Å². The first-order chi connectivity index (χ1) is 18.7. The monoisotopic (exact) mass is 537 g/mol. The molecule has 1 aromatic carbocycles. The molecule has 1 unspecified atom stereocenters. The predicted molar refractivity (Wildman–Crippen MR) is 140 cm³/mol. The average molecular weight is 538 g/mol. The maximum absolute atomic E-state index is 14.9. The summed E-state index contributed by atoms with van der Waals surface area (Å²) in [4.78, 5) is 33.3. The van der Waals surface area contributed by atoms with Gasteiger partial charge in [0.2, 0.25) is 17.6 Å². The predicted octanol–water partition coefficient (Wildman–Crippen LogP) is 5.01. The molecule has 4 bridgehead atoms. The van der Waals surface area contributed by atoms with Gasteiger partial charge < -0.3 is 18.9 Å². The molecule has 9 rings (SSSR count). The van der Waals surface area contributed by atoms with Gasteiger partial charge in [0, 0.05) is 23.7 Å². The number of aromatic nitrogens is 2. The second-order valence-electron chi connectivity index (χ2n) is 13.4. The zero-order valence-corrected chi connectivity index (χ0v) is 22.7. The normalized spacial score (nSPS) is 35.7. The molecule has 1 aliphatic heterocycles. The summed E-state index contributed by atoms with van der Waals surface area (Å²) < 4.78 is 31.0. The van der Waals surface area contributed by atoms with Crippen LogP contribution in [-0.4, -0.2) is 54.6 Å². The van der Waals surface area contributed by atoms with Gasteiger partial charge in [-0.05, 0) is 88.2 Å². The zero-order valence-electron chi connectivity index (χ0n) is 22.7. The number of alkyl halides is 1. The Morgan fingerprint density at radius 1 is 1.10 bits per heavy atom. The number of esters is 1. The van der Waals surface area contributed by atoms with Crippen LogP contribution in [0.15, 0.2) is 28.8 Å². The minimum absolute atomic E-state index is 0.0202. The standard InChI is InChI=1S/C30H36FN3O5/c1-27(17-38-18-27)25-32-23(33-39-25)19-4-3-5-21(12-19)34(24(35)22-15-30(31)13-20(22)14-30)16-28-6-9-29(10-7-28,11-8-28)26(36)37-2/h3-5,12,20,22H,6-11,13-18H2,1-2H3. The molecule has 2 heterocycles. The molecule has 9 heteroatoms. The highest BCUT2D eigenvalue weighted by molar-refractivity contribution is 5.96. The summed E-state index contributed by atoms with van der Waals surface area (Å²) in [6, 6.07) is 7.75. The van der Waals surface area contributed by atoms with Crippen LogP contribution in [0.4, 0.5) is 10.1 Å². The van der Waals surface area contributed by atoms with Crippen LogP contribution in [-0.2, 0) is 24.5 Å². The van der Waals surface area contributed by atoms with Crippen LogP contribution < -0.4 is 4.90 Å². The molecule has 7 fully saturated rings. The van der Waals surface area contributed by atoms with Crippen LogP contribution >= 0.6 is 0 Å². The van der Waals surface area contributed by atoms with Crippen molar-refractivity contribution >= 4 is 17.6 Å². The summed E-state index contributed by atoms with van der Waals surface area (Å²) in [5, 5.41) is 4.23. The number of nitrogens with zero attached hydrogens (tertiary/aromatic N) is 3. The van der Waals surface area contributed by atoms with Crippen molar-refractivity contribution in [3.05, 3.63) is 30.2 Å². The molecule has 0 spiro atoms. The summed E-state index contributed by atoms with van der Waals surface area (Å²) in [5.41, 5.74) is -0.322. The Kier molecular flexibility index (Phi) is 5.55. The highest BCUT2D eigenvalue weighted by Gasteiger charge is 2.60. The molecule has 208 valence electrons. The highest BCUT2D eigenvalue weighted by Crippen LogP contribution is 2.60. The number of carbonyl (C=O) groups is 2. The lowest BCUT2D eigenvalue weighted by atomic mass is 9.53. The largest absolute Gasteiger partial charge is 0.469 e. The van der Waals surface area contributed by atoms with Crippen LogP contribution in [0.25, 0.3) is 11.4 Å². The van der Waals surface area contributed by atoms with Gasteiger partial charge in [-0.15, -0.1) is 0 Å². The number of halogens is 1. The molecule has 0 N–H and O–H groups in total. The number of methoxy groups -OCH3 is 1. The van der Waals surface area contributed by atoms with Crippen molar-refractivity contribution in [1.82, 2.24) is 10.1 Å². The van der Waals surface area contributed by atoms with E-state index >= 15 is 0 Å². The smallest absolute Gasteiger partial charge is 0.311 e. The molecule has 0 radical (unpaired) electrons. The molecule has 39 heavy (non-hydrogen) atoms. The van der Waals surface area contributed by atoms with Crippen molar-refractivity contribution in [2.75, 3.05) is 31.8 Å². The molecule has 1 atom stereocenters. The minimum atomic E-state index is -1.17. The van der Waals surface area contributed by atoms with Gasteiger partial charge in [-0.3, -0.25) is 9.59 Å². The Balaban J connectivity index is 1.18. The van der Waals surface area contributed by atoms with Crippen LogP contribution in [0, 0.1) is 22.7 Å². The van der Waals surface area contributed by atoms with Crippen molar-refractivity contribution < 1.29 is 28.0 Å². The van der Waals surface area contributed by atoms with Crippen molar-refractivity contribution in [3.63, 3.8) is 0 Å². The van der Waals surface area contributed by atoms with E-state index in [4.69, 9.17) is 14.0 Å². The first-order valence-corrected chi connectivity index (χ1v) is 14.3. The first-order valence-electron chi connectivity index (χ1n) is 14.3. The third kappa shape index (κ3) is 3.94. The Bertz CT molecular complexity index is 1290. The maximum atomic E-state index is 14.9. The van der Waals surface area contributed by atoms with Crippen LogP contribution in [0.1, 0.15) is 70.6 Å². The number of hydrogen-bond acceptors (Lipinski definition) is 7. The van der Waals surface area contributed by atoms with Crippen molar-refractivity contribution in [1.29, 1.82) is 0 Å². The lowest BCUT2D eigenvalue weighted by Gasteiger charge is -2.53. The van der Waals surface area contributed by atoms with Gasteiger partial charge in [-0.1, -0.05) is 17.3 Å². The Morgan fingerprint density at radius 3 is 2.41 bits per heavy atom. The van der Waals surface area contributed by atoms with Crippen molar-refractivity contribution in [3.8, 4) is 11.4 Å². The lowest BCUT2D eigenvalue weighted by molar-refractivity contribution is -0.162. The highest BCUT2D eigenvalue weighted by atomic mass is 19.1. The lowest BCUT2D eigenvalue weighted by Crippen LogP contribution is -2.52. The van der Waals surface area contributed by atoms with Crippen LogP contribution in [0.2, 0.25) is 0 Å². The number of fused-ring (bicyclic) bond motifs is 4. The molecular weight excluding hydrogens is 501 g/mol. The minimum Gasteiger partial charge on any atom is -0.469 e. The molecule has 6 saturated carbocycles. The fourth-order valence-corrected chi connectivity index (χ4v) is 7.97. The quantitative estimate of drug-likeness (QED) is 0.458. The molecule has 2 aromatic rings. The number of benzene rings is 1. The van der Waals surface area contributed by atoms with E-state index in [0.29, 0.717) is 50.7 Å². The number of ether oxygens (including phenoxy) is 2. The van der Waals surface area contributed by atoms with E-state index in [-0.39, 0.29) is 40.0 Å². The molecule has 1 amide bonds. The molecule has 7 aliphatic rings. The van der Waals surface area contributed by atoms with E-state index in [1.54, 1.807) is 0 Å². The second kappa shape index (κ2) is 8.59. The van der Waals surface area contributed by atoms with E-state index in [1.165, 1.54) is 7.11 Å². The van der Waals surface area contributed by atoms with Crippen LogP contribution in [0.5, 0.6) is 0 Å². The Labute approximate surface area is 227 Å². The molecule has 6 aliphatic carbocycles. The van der Waals surface area contributed by atoms with Gasteiger partial charge in [0.15, 0.2) is 0 Å². The van der Waals surface area contributed by atoms with Gasteiger partial charge >= 0.3 is 5.97 Å². The van der Waals surface area contributed by atoms with Gasteiger partial charge in [-0.2, -0.15) is 4.98 Å². The third-order valence-corrected chi connectivity index (χ3v) is 10.7. The van der Waals surface area contributed by atoms with E-state index < -0.39 is 5.67 Å². The Morgan fingerprint density at radius 2 is 1.82 bits per heavy atom. The molecule has 1 aromatic heterocycles. The van der Waals surface area contributed by atoms with Crippen LogP contribution in [0.3, 0.4) is 0 Å². The fourth-order valence-electron chi connectivity index (χ4n) is 7.97. The van der Waals surface area contributed by atoms with Gasteiger partial charge in [0.1, 0.15) is 5.67 Å². The van der Waals surface area contributed by atoms with E-state index in [9.17, 15) is 14.0 Å². The second-order valence-corrected chi connectivity index (χ2v) is 13.4. The number of carbonyl (C=O) groups excluding carboxylic acids is 2. The summed E-state index contributed by atoms with van der Waals surface area (Å²) in [5.74, 6) is 0.796. The number of hydrogen-bond donors (Lipinski definition) is 0. The summed E-state index contributed by atoms with van der Waals surface area (Å²) in [6.45, 7) is 3.71. The third-order valence-electron chi connectivity index (χ3n) is 10.7. The zero-order chi connectivity index (χ0) is 27.0. The van der Waals surface area contributed by atoms with E-state index in [2.05, 4.69) is 10.1 Å². The first kappa shape index (κ1) is 25.2. The molecular formula is C30H36FN3O5. The van der Waals surface area contributed by atoms with Crippen molar-refractivity contribution in [2.45, 2.75) is 75.8 Å². The van der Waals surface area contributed by atoms with Gasteiger partial charge in [0.05, 0.1) is 31.2 Å². The summed E-state index contributed by atoms with van der Waals surface area (Å²) in [7, 11) is 1.47. The van der Waals surface area contributed by atoms with Crippen molar-refractivity contribution in [2.24, 2.45) is 22.7 Å². The number of rotatable bonds is 7. The van der Waals surface area contributed by atoms with E-state index in [0.717, 1.165) is 49.8 Å². The molecule has 1 saturated heterocycles. The van der Waals surface area contributed by atoms with E-state index in [1.807, 2.05) is 36.1 Å². The summed E-state index contributed by atoms with van der Waals surface area (Å²) in [6.07, 6.45) is 6.31. The van der Waals surface area contributed by atoms with Gasteiger partial charge in [-0.25, -0.2) is 4.39 Å². The Hall–Kier alpha value is -2.81. The fraction of sp³-hybridized carbons (Fsp3) is 0.667. The SMILES string of the molecule is COC(=O)C12CCC(CN(C(=O)C3CC4(F)CC3C4)c3cccc(-c4noc(C5(C)COC5)n4)c3)(CC1)CC2. The maximum Gasteiger partial charge on any atom is 0.311 e. The number of amides is 1. The number of anilines is 1. The average Bonchev–Trinajstić information content (AvgIpc) is 3.64. The topological polar surface area (TPSA) is 94.8 Å². The molecule has 8 nitrogen and oxygen atoms in total. The summed E-state index contributed by atoms with van der Waals surface area (Å²) >= 11 is 0.